The maximum atomic E-state index is 13.2. The minimum atomic E-state index is -2.24. The standard InChI is InChI=1S/C55H65N5O8Si/c1-55(2,3)69(4,5)68-49(45-29-31-48(61)52-46(45)30-32-51(63)59-52)35-56-34-38-19-22-41(23-20-38)57-50(62)18-12-15-37-21-28-44(40-16-10-7-11-17-40)47(33-37)60(54(65)66)43-26-24-42(25-27-43)58-53(64)67-36-39-13-8-6-9-14-39/h6-11,13-14,16-17,19-23,28-33,42-43,49,56,61H,12,15,18,24-27,34-36H2,1-5H3,(H,57,62)(H,58,64)(H,59,63)(H,65,66)/t42?,43?,49-/m0/s1. The Bertz CT molecular complexity index is 2750. The number of fused-ring (bicyclic) bond motifs is 1. The minimum Gasteiger partial charge on any atom is -0.506 e. The molecule has 1 atom stereocenters. The number of phenols is 1. The van der Waals surface area contributed by atoms with E-state index >= 15 is 0 Å². The number of carboxylic acid groups (broad SMARTS) is 1. The second-order valence-corrected chi connectivity index (χ2v) is 24.2. The summed E-state index contributed by atoms with van der Waals surface area (Å²) in [6, 6.07) is 39.2. The summed E-state index contributed by atoms with van der Waals surface area (Å²) in [5.74, 6) is -0.108. The zero-order chi connectivity index (χ0) is 49.1. The van der Waals surface area contributed by atoms with Gasteiger partial charge in [0.05, 0.1) is 17.3 Å². The fraction of sp³-hybridized carbons (Fsp3) is 0.345. The van der Waals surface area contributed by atoms with Gasteiger partial charge in [0, 0.05) is 54.3 Å². The molecule has 0 bridgehead atoms. The van der Waals surface area contributed by atoms with E-state index in [4.69, 9.17) is 9.16 Å². The lowest BCUT2D eigenvalue weighted by atomic mass is 9.89. The van der Waals surface area contributed by atoms with Gasteiger partial charge in [-0.1, -0.05) is 112 Å². The third-order valence-electron chi connectivity index (χ3n) is 13.5. The number of pyridine rings is 1. The highest BCUT2D eigenvalue weighted by molar-refractivity contribution is 6.74. The van der Waals surface area contributed by atoms with Gasteiger partial charge in [0.2, 0.25) is 11.5 Å². The summed E-state index contributed by atoms with van der Waals surface area (Å²) in [6.07, 6.45) is 1.93. The molecule has 13 nitrogen and oxygen atoms in total. The molecule has 1 fully saturated rings. The molecular weight excluding hydrogens is 887 g/mol. The summed E-state index contributed by atoms with van der Waals surface area (Å²) in [5, 5.41) is 31.5. The van der Waals surface area contributed by atoms with E-state index in [-0.39, 0.29) is 53.5 Å². The number of H-pyrrole nitrogens is 1. The van der Waals surface area contributed by atoms with Crippen LogP contribution in [0.1, 0.15) is 87.7 Å². The van der Waals surface area contributed by atoms with Crippen LogP contribution < -0.4 is 26.4 Å². The molecule has 0 spiro atoms. The van der Waals surface area contributed by atoms with Crippen LogP contribution >= 0.6 is 0 Å². The van der Waals surface area contributed by atoms with Crippen LogP contribution in [-0.2, 0) is 33.5 Å². The molecule has 1 aliphatic carbocycles. The molecule has 1 aliphatic rings. The van der Waals surface area contributed by atoms with Crippen LogP contribution in [0.5, 0.6) is 5.75 Å². The molecule has 1 heterocycles. The Morgan fingerprint density at radius 2 is 1.51 bits per heavy atom. The van der Waals surface area contributed by atoms with Crippen molar-refractivity contribution in [2.45, 2.75) is 115 Å². The molecule has 362 valence electrons. The average molecular weight is 952 g/mol. The van der Waals surface area contributed by atoms with Crippen molar-refractivity contribution in [1.82, 2.24) is 15.6 Å². The van der Waals surface area contributed by atoms with Crippen molar-refractivity contribution < 1.29 is 33.8 Å². The third kappa shape index (κ3) is 13.3. The van der Waals surface area contributed by atoms with Crippen molar-refractivity contribution in [3.05, 3.63) is 160 Å². The number of amides is 3. The Labute approximate surface area is 405 Å². The lowest BCUT2D eigenvalue weighted by Crippen LogP contribution is -2.46. The fourth-order valence-corrected chi connectivity index (χ4v) is 9.95. The number of ether oxygens (including phenoxy) is 1. The van der Waals surface area contributed by atoms with E-state index in [0.717, 1.165) is 38.8 Å². The Kier molecular flexibility index (Phi) is 16.4. The Hall–Kier alpha value is -6.74. The maximum absolute atomic E-state index is 13.2. The van der Waals surface area contributed by atoms with Crippen LogP contribution in [0.2, 0.25) is 18.1 Å². The zero-order valence-corrected chi connectivity index (χ0v) is 41.2. The molecule has 0 unspecified atom stereocenters. The smallest absolute Gasteiger partial charge is 0.412 e. The van der Waals surface area contributed by atoms with Gasteiger partial charge in [0.1, 0.15) is 12.4 Å². The van der Waals surface area contributed by atoms with E-state index in [2.05, 4.69) is 54.8 Å². The van der Waals surface area contributed by atoms with E-state index in [0.29, 0.717) is 68.5 Å². The molecule has 3 amide bonds. The van der Waals surface area contributed by atoms with Gasteiger partial charge in [0.25, 0.3) is 0 Å². The van der Waals surface area contributed by atoms with Crippen LogP contribution in [0.15, 0.2) is 132 Å². The highest BCUT2D eigenvalue weighted by Gasteiger charge is 2.40. The number of rotatable bonds is 18. The van der Waals surface area contributed by atoms with Gasteiger partial charge in [-0.05, 0) is 115 Å². The highest BCUT2D eigenvalue weighted by atomic mass is 28.4. The molecule has 0 radical (unpaired) electrons. The van der Waals surface area contributed by atoms with Crippen LogP contribution in [0.25, 0.3) is 22.0 Å². The largest absolute Gasteiger partial charge is 0.506 e. The first-order valence-electron chi connectivity index (χ1n) is 23.8. The number of nitrogens with one attached hydrogen (secondary N) is 4. The van der Waals surface area contributed by atoms with Crippen molar-refractivity contribution in [3.8, 4) is 16.9 Å². The molecule has 14 heteroatoms. The van der Waals surface area contributed by atoms with Gasteiger partial charge in [-0.2, -0.15) is 0 Å². The number of alkyl carbamates (subject to hydrolysis) is 1. The van der Waals surface area contributed by atoms with Crippen molar-refractivity contribution >= 4 is 48.7 Å². The molecule has 69 heavy (non-hydrogen) atoms. The molecule has 6 aromatic rings. The van der Waals surface area contributed by atoms with Gasteiger partial charge in [-0.25, -0.2) is 9.59 Å². The number of carbonyl (C=O) groups excluding carboxylic acids is 2. The first-order valence-corrected chi connectivity index (χ1v) is 26.8. The van der Waals surface area contributed by atoms with Crippen molar-refractivity contribution in [2.75, 3.05) is 16.8 Å². The third-order valence-corrected chi connectivity index (χ3v) is 18.0. The molecular formula is C55H65N5O8Si. The average Bonchev–Trinajstić information content (AvgIpc) is 3.32. The highest BCUT2D eigenvalue weighted by Crippen LogP contribution is 2.41. The summed E-state index contributed by atoms with van der Waals surface area (Å²) >= 11 is 0. The van der Waals surface area contributed by atoms with Crippen molar-refractivity contribution in [2.24, 2.45) is 0 Å². The van der Waals surface area contributed by atoms with Crippen molar-refractivity contribution in [1.29, 1.82) is 0 Å². The molecule has 7 rings (SSSR count). The number of anilines is 2. The number of aromatic hydroxyl groups is 1. The van der Waals surface area contributed by atoms with Crippen LogP contribution in [0.4, 0.5) is 21.0 Å². The van der Waals surface area contributed by atoms with Gasteiger partial charge >= 0.3 is 12.2 Å². The Morgan fingerprint density at radius 1 is 0.826 bits per heavy atom. The lowest BCUT2D eigenvalue weighted by molar-refractivity contribution is -0.116. The number of hydrogen-bond acceptors (Lipinski definition) is 8. The molecule has 0 aliphatic heterocycles. The van der Waals surface area contributed by atoms with E-state index in [1.54, 1.807) is 12.1 Å². The van der Waals surface area contributed by atoms with Crippen LogP contribution in [0, 0.1) is 0 Å². The minimum absolute atomic E-state index is 0.00620. The first kappa shape index (κ1) is 50.1. The molecule has 1 aromatic heterocycles. The number of aromatic nitrogens is 1. The zero-order valence-electron chi connectivity index (χ0n) is 40.2. The van der Waals surface area contributed by atoms with Gasteiger partial charge < -0.3 is 40.3 Å². The van der Waals surface area contributed by atoms with Crippen LogP contribution in [0.3, 0.4) is 0 Å². The number of carbonyl (C=O) groups is 3. The van der Waals surface area contributed by atoms with E-state index in [9.17, 15) is 29.4 Å². The van der Waals surface area contributed by atoms with Crippen LogP contribution in [-0.4, -0.2) is 60.2 Å². The number of aryl methyl sites for hydroxylation is 1. The Morgan fingerprint density at radius 3 is 2.19 bits per heavy atom. The van der Waals surface area contributed by atoms with Gasteiger partial charge in [-0.3, -0.25) is 14.5 Å². The first-order chi connectivity index (χ1) is 33.0. The number of nitrogens with zero attached hydrogens (tertiary/aromatic N) is 1. The molecule has 1 saturated carbocycles. The van der Waals surface area contributed by atoms with E-state index in [1.165, 1.54) is 11.0 Å². The normalized spacial score (nSPS) is 15.6. The summed E-state index contributed by atoms with van der Waals surface area (Å²) in [6.45, 7) is 12.2. The Balaban J connectivity index is 0.937. The fourth-order valence-electron chi connectivity index (χ4n) is 8.68. The summed E-state index contributed by atoms with van der Waals surface area (Å²) < 4.78 is 12.4. The quantitative estimate of drug-likeness (QED) is 0.0457. The second-order valence-electron chi connectivity index (χ2n) is 19.5. The summed E-state index contributed by atoms with van der Waals surface area (Å²) in [5.41, 5.74) is 6.85. The SMILES string of the molecule is CC(C)(C)[Si](C)(C)O[C@@H](CNCc1ccc(NC(=O)CCCc2ccc(-c3ccccc3)c(N(C(=O)O)C3CCC(NC(=O)OCc4ccccc4)CC3)c2)cc1)c1ccc(O)c2[nH]c(=O)ccc12. The van der Waals surface area contributed by atoms with Crippen molar-refractivity contribution in [3.63, 3.8) is 0 Å². The molecule has 5 aromatic carbocycles. The van der Waals surface area contributed by atoms with Gasteiger partial charge in [-0.15, -0.1) is 0 Å². The molecule has 6 N–H and O–H groups in total. The number of hydrogen-bond donors (Lipinski definition) is 6. The topological polar surface area (TPSA) is 182 Å². The predicted molar refractivity (Wildman–Crippen MR) is 275 cm³/mol. The number of aromatic amines is 1. The number of benzene rings is 5. The number of phenolic OH excluding ortho intramolecular Hbond substituents is 1. The lowest BCUT2D eigenvalue weighted by Gasteiger charge is -2.39. The van der Waals surface area contributed by atoms with E-state index < -0.39 is 20.5 Å². The summed E-state index contributed by atoms with van der Waals surface area (Å²) in [4.78, 5) is 55.3. The van der Waals surface area contributed by atoms with Gasteiger partial charge in [0.15, 0.2) is 8.32 Å². The summed E-state index contributed by atoms with van der Waals surface area (Å²) in [7, 11) is -2.24. The second kappa shape index (κ2) is 22.6. The monoisotopic (exact) mass is 951 g/mol. The van der Waals surface area contributed by atoms with E-state index in [1.807, 2.05) is 109 Å². The maximum Gasteiger partial charge on any atom is 0.412 e. The molecule has 0 saturated heterocycles. The predicted octanol–water partition coefficient (Wildman–Crippen LogP) is 11.4.